The van der Waals surface area contributed by atoms with Crippen LogP contribution in [0.2, 0.25) is 0 Å². The van der Waals surface area contributed by atoms with Gasteiger partial charge in [0.1, 0.15) is 0 Å². The average Bonchev–Trinajstić information content (AvgIpc) is 2.64. The molecule has 2 unspecified atom stereocenters. The molecule has 19 heavy (non-hydrogen) atoms. The molecule has 0 saturated carbocycles. The van der Waals surface area contributed by atoms with Gasteiger partial charge in [0, 0.05) is 19.0 Å². The standard InChI is InChI=1S/C12H22N2O4S/c1-4-9(2)14(10(3)15)7-12(16)13-11-5-6-19(17,18)8-11/h9,11H,4-8H2,1-3H3,(H,13,16). The second-order valence-corrected chi connectivity index (χ2v) is 7.30. The Morgan fingerprint density at radius 2 is 2.05 bits per heavy atom. The van der Waals surface area contributed by atoms with Gasteiger partial charge in [0.25, 0.3) is 0 Å². The van der Waals surface area contributed by atoms with Gasteiger partial charge in [-0.1, -0.05) is 6.92 Å². The molecule has 6 nitrogen and oxygen atoms in total. The third-order valence-corrected chi connectivity index (χ3v) is 5.21. The molecule has 0 aromatic heterocycles. The SMILES string of the molecule is CCC(C)N(CC(=O)NC1CCS(=O)(=O)C1)C(C)=O. The third-order valence-electron chi connectivity index (χ3n) is 3.44. The van der Waals surface area contributed by atoms with E-state index in [0.717, 1.165) is 6.42 Å². The Hall–Kier alpha value is -1.11. The lowest BCUT2D eigenvalue weighted by Gasteiger charge is -2.27. The Kier molecular flexibility index (Phi) is 5.34. The number of carbonyl (C=O) groups is 2. The van der Waals surface area contributed by atoms with E-state index in [4.69, 9.17) is 0 Å². The van der Waals surface area contributed by atoms with E-state index >= 15 is 0 Å². The van der Waals surface area contributed by atoms with Gasteiger partial charge in [-0.05, 0) is 19.8 Å². The Bertz CT molecular complexity index is 447. The summed E-state index contributed by atoms with van der Waals surface area (Å²) in [5.41, 5.74) is 0. The van der Waals surface area contributed by atoms with Crippen molar-refractivity contribution in [3.05, 3.63) is 0 Å². The molecular weight excluding hydrogens is 268 g/mol. The lowest BCUT2D eigenvalue weighted by Crippen LogP contribution is -2.47. The quantitative estimate of drug-likeness (QED) is 0.768. The molecule has 110 valence electrons. The Balaban J connectivity index is 2.52. The van der Waals surface area contributed by atoms with Crippen LogP contribution in [0.4, 0.5) is 0 Å². The van der Waals surface area contributed by atoms with Crippen molar-refractivity contribution in [2.24, 2.45) is 0 Å². The van der Waals surface area contributed by atoms with Crippen molar-refractivity contribution >= 4 is 21.7 Å². The van der Waals surface area contributed by atoms with Gasteiger partial charge in [-0.2, -0.15) is 0 Å². The largest absolute Gasteiger partial charge is 0.351 e. The van der Waals surface area contributed by atoms with Crippen molar-refractivity contribution in [3.63, 3.8) is 0 Å². The lowest BCUT2D eigenvalue weighted by molar-refractivity contribution is -0.136. The van der Waals surface area contributed by atoms with E-state index in [-0.39, 0.29) is 41.9 Å². The average molecular weight is 290 g/mol. The van der Waals surface area contributed by atoms with Crippen LogP contribution in [-0.2, 0) is 19.4 Å². The first-order chi connectivity index (χ1) is 8.75. The van der Waals surface area contributed by atoms with Crippen molar-refractivity contribution in [3.8, 4) is 0 Å². The second kappa shape index (κ2) is 6.36. The number of amides is 2. The molecule has 1 N–H and O–H groups in total. The van der Waals surface area contributed by atoms with Gasteiger partial charge in [-0.15, -0.1) is 0 Å². The van der Waals surface area contributed by atoms with Gasteiger partial charge in [0.15, 0.2) is 9.84 Å². The Morgan fingerprint density at radius 3 is 2.47 bits per heavy atom. The molecule has 1 aliphatic rings. The summed E-state index contributed by atoms with van der Waals surface area (Å²) >= 11 is 0. The molecule has 0 spiro atoms. The first-order valence-corrected chi connectivity index (χ1v) is 8.34. The smallest absolute Gasteiger partial charge is 0.239 e. The van der Waals surface area contributed by atoms with Crippen LogP contribution in [0.1, 0.15) is 33.6 Å². The van der Waals surface area contributed by atoms with E-state index in [1.807, 2.05) is 13.8 Å². The van der Waals surface area contributed by atoms with Crippen molar-refractivity contribution in [2.75, 3.05) is 18.1 Å². The third kappa shape index (κ3) is 4.81. The molecule has 1 fully saturated rings. The number of carbonyl (C=O) groups excluding carboxylic acids is 2. The van der Waals surface area contributed by atoms with Gasteiger partial charge in [0.2, 0.25) is 11.8 Å². The minimum absolute atomic E-state index is 0.00213. The molecule has 0 aromatic rings. The predicted molar refractivity (Wildman–Crippen MR) is 72.3 cm³/mol. The predicted octanol–water partition coefficient (Wildman–Crippen LogP) is -0.0633. The summed E-state index contributed by atoms with van der Waals surface area (Å²) in [6.07, 6.45) is 1.22. The van der Waals surface area contributed by atoms with Gasteiger partial charge in [-0.25, -0.2) is 8.42 Å². The molecule has 2 atom stereocenters. The number of nitrogens with zero attached hydrogens (tertiary/aromatic N) is 1. The number of hydrogen-bond acceptors (Lipinski definition) is 4. The van der Waals surface area contributed by atoms with Crippen LogP contribution in [0, 0.1) is 0 Å². The van der Waals surface area contributed by atoms with E-state index in [1.165, 1.54) is 11.8 Å². The van der Waals surface area contributed by atoms with Crippen molar-refractivity contribution in [1.82, 2.24) is 10.2 Å². The molecule has 0 radical (unpaired) electrons. The molecule has 2 amide bonds. The van der Waals surface area contributed by atoms with Crippen LogP contribution in [0.3, 0.4) is 0 Å². The highest BCUT2D eigenvalue weighted by atomic mass is 32.2. The maximum Gasteiger partial charge on any atom is 0.239 e. The highest BCUT2D eigenvalue weighted by molar-refractivity contribution is 7.91. The number of hydrogen-bond donors (Lipinski definition) is 1. The maximum absolute atomic E-state index is 11.8. The summed E-state index contributed by atoms with van der Waals surface area (Å²) in [7, 11) is -3.00. The summed E-state index contributed by atoms with van der Waals surface area (Å²) in [4.78, 5) is 24.8. The molecule has 0 aromatic carbocycles. The van der Waals surface area contributed by atoms with Gasteiger partial charge in [0.05, 0.1) is 18.1 Å². The van der Waals surface area contributed by atoms with Crippen LogP contribution in [0.15, 0.2) is 0 Å². The minimum Gasteiger partial charge on any atom is -0.351 e. The number of rotatable bonds is 5. The van der Waals surface area contributed by atoms with E-state index in [9.17, 15) is 18.0 Å². The van der Waals surface area contributed by atoms with Crippen molar-refractivity contribution in [2.45, 2.75) is 45.7 Å². The van der Waals surface area contributed by atoms with Gasteiger partial charge >= 0.3 is 0 Å². The fourth-order valence-corrected chi connectivity index (χ4v) is 3.81. The summed E-state index contributed by atoms with van der Waals surface area (Å²) in [6, 6.07) is -0.321. The van der Waals surface area contributed by atoms with E-state index in [0.29, 0.717) is 6.42 Å². The first kappa shape index (κ1) is 15.9. The molecule has 1 saturated heterocycles. The summed E-state index contributed by atoms with van der Waals surface area (Å²) < 4.78 is 22.6. The van der Waals surface area contributed by atoms with E-state index in [2.05, 4.69) is 5.32 Å². The van der Waals surface area contributed by atoms with Gasteiger partial charge < -0.3 is 10.2 Å². The fourth-order valence-electron chi connectivity index (χ4n) is 2.13. The highest BCUT2D eigenvalue weighted by Crippen LogP contribution is 2.11. The lowest BCUT2D eigenvalue weighted by atomic mass is 10.2. The Labute approximate surface area is 114 Å². The summed E-state index contributed by atoms with van der Waals surface area (Å²) in [5.74, 6) is -0.317. The zero-order valence-electron chi connectivity index (χ0n) is 11.7. The second-order valence-electron chi connectivity index (χ2n) is 5.07. The number of sulfone groups is 1. The topological polar surface area (TPSA) is 83.6 Å². The molecule has 7 heteroatoms. The summed E-state index contributed by atoms with van der Waals surface area (Å²) in [6.45, 7) is 5.25. The van der Waals surface area contributed by atoms with Gasteiger partial charge in [-0.3, -0.25) is 9.59 Å². The van der Waals surface area contributed by atoms with Crippen molar-refractivity contribution < 1.29 is 18.0 Å². The molecule has 1 heterocycles. The van der Waals surface area contributed by atoms with E-state index < -0.39 is 9.84 Å². The maximum atomic E-state index is 11.8. The van der Waals surface area contributed by atoms with Crippen LogP contribution in [0.25, 0.3) is 0 Å². The zero-order chi connectivity index (χ0) is 14.6. The van der Waals surface area contributed by atoms with Crippen LogP contribution in [0.5, 0.6) is 0 Å². The van der Waals surface area contributed by atoms with Crippen molar-refractivity contribution in [1.29, 1.82) is 0 Å². The monoisotopic (exact) mass is 290 g/mol. The first-order valence-electron chi connectivity index (χ1n) is 6.52. The normalized spacial score (nSPS) is 22.8. The number of nitrogens with one attached hydrogen (secondary N) is 1. The molecule has 1 aliphatic heterocycles. The molecular formula is C12H22N2O4S. The van der Waals surface area contributed by atoms with Crippen LogP contribution >= 0.6 is 0 Å². The van der Waals surface area contributed by atoms with Crippen LogP contribution < -0.4 is 5.32 Å². The minimum atomic E-state index is -3.00. The highest BCUT2D eigenvalue weighted by Gasteiger charge is 2.29. The summed E-state index contributed by atoms with van der Waals surface area (Å²) in [5, 5.41) is 2.69. The molecule has 0 bridgehead atoms. The Morgan fingerprint density at radius 1 is 1.42 bits per heavy atom. The molecule has 1 rings (SSSR count). The zero-order valence-corrected chi connectivity index (χ0v) is 12.5. The molecule has 0 aliphatic carbocycles. The van der Waals surface area contributed by atoms with E-state index in [1.54, 1.807) is 0 Å². The fraction of sp³-hybridized carbons (Fsp3) is 0.833. The van der Waals surface area contributed by atoms with Crippen LogP contribution in [-0.4, -0.2) is 55.3 Å².